The van der Waals surface area contributed by atoms with Crippen molar-refractivity contribution in [3.05, 3.63) is 93.5 Å². The molecule has 1 fully saturated rings. The number of halogens is 2. The van der Waals surface area contributed by atoms with Gasteiger partial charge in [0.05, 0.1) is 18.8 Å². The van der Waals surface area contributed by atoms with Crippen molar-refractivity contribution in [2.75, 3.05) is 26.7 Å². The Hall–Kier alpha value is -3.75. The standard InChI is InChI=1S/C32H34Cl2N4O4/c1-20(2)42-27-18-25(41-5)14-15-26(27)29-36-31(3,21-6-10-23(33)11-7-21)32(4,22-8-12-24(34)13-9-22)38(29)30(40)37-17-16-35-28(39)19-37/h6-15,18,20H,16-17,19H2,1-5H3,(H,35,39)/t31-,32+/m0/s1. The van der Waals surface area contributed by atoms with E-state index in [4.69, 9.17) is 37.7 Å². The molecule has 1 N–H and O–H groups in total. The first-order valence-corrected chi connectivity index (χ1v) is 14.6. The molecular weight excluding hydrogens is 575 g/mol. The van der Waals surface area contributed by atoms with E-state index in [1.807, 2.05) is 76.2 Å². The average molecular weight is 610 g/mol. The summed E-state index contributed by atoms with van der Waals surface area (Å²) in [4.78, 5) is 35.8. The van der Waals surface area contributed by atoms with E-state index in [9.17, 15) is 9.59 Å². The van der Waals surface area contributed by atoms with Crippen molar-refractivity contribution >= 4 is 41.0 Å². The summed E-state index contributed by atoms with van der Waals surface area (Å²) in [6.45, 7) is 8.54. The number of methoxy groups -OCH3 is 1. The van der Waals surface area contributed by atoms with E-state index in [0.29, 0.717) is 46.0 Å². The van der Waals surface area contributed by atoms with Gasteiger partial charge in [-0.15, -0.1) is 0 Å². The number of nitrogens with one attached hydrogen (secondary N) is 1. The summed E-state index contributed by atoms with van der Waals surface area (Å²) in [5, 5.41) is 3.97. The molecule has 2 heterocycles. The Kier molecular flexibility index (Phi) is 8.14. The maximum Gasteiger partial charge on any atom is 0.327 e. The predicted molar refractivity (Wildman–Crippen MR) is 165 cm³/mol. The van der Waals surface area contributed by atoms with E-state index in [-0.39, 0.29) is 24.6 Å². The summed E-state index contributed by atoms with van der Waals surface area (Å²) in [6.07, 6.45) is -0.155. The van der Waals surface area contributed by atoms with Gasteiger partial charge in [-0.25, -0.2) is 4.79 Å². The molecule has 0 aliphatic carbocycles. The minimum absolute atomic E-state index is 0.0606. The number of urea groups is 1. The number of rotatable bonds is 6. The van der Waals surface area contributed by atoms with E-state index in [2.05, 4.69) is 5.32 Å². The number of carbonyl (C=O) groups is 2. The number of hydrogen-bond donors (Lipinski definition) is 1. The van der Waals surface area contributed by atoms with Crippen LogP contribution in [0.25, 0.3) is 0 Å². The van der Waals surface area contributed by atoms with Crippen LogP contribution >= 0.6 is 23.2 Å². The van der Waals surface area contributed by atoms with Gasteiger partial charge in [0.15, 0.2) is 0 Å². The Balaban J connectivity index is 1.81. The zero-order chi connectivity index (χ0) is 30.2. The fraction of sp³-hybridized carbons (Fsp3) is 0.344. The smallest absolute Gasteiger partial charge is 0.327 e. The zero-order valence-electron chi connectivity index (χ0n) is 24.3. The van der Waals surface area contributed by atoms with Crippen LogP contribution in [0, 0.1) is 0 Å². The summed E-state index contributed by atoms with van der Waals surface area (Å²) in [7, 11) is 1.59. The molecule has 0 unspecified atom stereocenters. The number of nitrogens with zero attached hydrogens (tertiary/aromatic N) is 3. The minimum Gasteiger partial charge on any atom is -0.497 e. The number of aliphatic imine (C=N–C) groups is 1. The summed E-state index contributed by atoms with van der Waals surface area (Å²) < 4.78 is 11.8. The van der Waals surface area contributed by atoms with Crippen LogP contribution in [-0.4, -0.2) is 60.4 Å². The normalized spacial score (nSPS) is 22.2. The quantitative estimate of drug-likeness (QED) is 0.359. The van der Waals surface area contributed by atoms with Crippen molar-refractivity contribution in [1.82, 2.24) is 15.1 Å². The highest BCUT2D eigenvalue weighted by atomic mass is 35.5. The molecule has 3 aromatic rings. The second-order valence-electron chi connectivity index (χ2n) is 11.0. The fourth-order valence-electron chi connectivity index (χ4n) is 5.68. The number of benzene rings is 3. The maximum absolute atomic E-state index is 14.7. The number of hydrogen-bond acceptors (Lipinski definition) is 5. The van der Waals surface area contributed by atoms with Crippen molar-refractivity contribution in [1.29, 1.82) is 0 Å². The molecule has 2 aliphatic rings. The van der Waals surface area contributed by atoms with Crippen LogP contribution in [0.5, 0.6) is 11.5 Å². The van der Waals surface area contributed by atoms with Gasteiger partial charge in [-0.1, -0.05) is 47.5 Å². The van der Waals surface area contributed by atoms with Crippen molar-refractivity contribution in [3.8, 4) is 11.5 Å². The third-order valence-electron chi connectivity index (χ3n) is 8.04. The molecular formula is C32H34Cl2N4O4. The molecule has 0 saturated carbocycles. The Morgan fingerprint density at radius 2 is 1.60 bits per heavy atom. The highest BCUT2D eigenvalue weighted by molar-refractivity contribution is 6.30. The molecule has 3 amide bonds. The van der Waals surface area contributed by atoms with Crippen molar-refractivity contribution < 1.29 is 19.1 Å². The van der Waals surface area contributed by atoms with Crippen LogP contribution in [0.4, 0.5) is 4.79 Å². The van der Waals surface area contributed by atoms with Crippen molar-refractivity contribution in [3.63, 3.8) is 0 Å². The van der Waals surface area contributed by atoms with E-state index < -0.39 is 11.1 Å². The Bertz CT molecular complexity index is 1530. The van der Waals surface area contributed by atoms with Gasteiger partial charge >= 0.3 is 6.03 Å². The third kappa shape index (κ3) is 5.18. The second kappa shape index (κ2) is 11.5. The molecule has 0 spiro atoms. The first-order chi connectivity index (χ1) is 20.0. The van der Waals surface area contributed by atoms with Crippen LogP contribution in [0.1, 0.15) is 44.4 Å². The van der Waals surface area contributed by atoms with Crippen molar-refractivity contribution in [2.24, 2.45) is 4.99 Å². The highest BCUT2D eigenvalue weighted by Gasteiger charge is 2.60. The van der Waals surface area contributed by atoms with E-state index in [1.54, 1.807) is 35.1 Å². The topological polar surface area (TPSA) is 83.5 Å². The lowest BCUT2D eigenvalue weighted by Gasteiger charge is -2.47. The molecule has 220 valence electrons. The fourth-order valence-corrected chi connectivity index (χ4v) is 5.93. The molecule has 8 nitrogen and oxygen atoms in total. The van der Waals surface area contributed by atoms with Crippen LogP contribution in [0.2, 0.25) is 10.0 Å². The zero-order valence-corrected chi connectivity index (χ0v) is 25.8. The minimum atomic E-state index is -1.07. The van der Waals surface area contributed by atoms with Gasteiger partial charge in [-0.05, 0) is 75.2 Å². The molecule has 42 heavy (non-hydrogen) atoms. The van der Waals surface area contributed by atoms with E-state index in [1.165, 1.54) is 0 Å². The summed E-state index contributed by atoms with van der Waals surface area (Å²) >= 11 is 12.6. The molecule has 5 rings (SSSR count). The Morgan fingerprint density at radius 1 is 0.976 bits per heavy atom. The number of piperazine rings is 1. The van der Waals surface area contributed by atoms with Crippen LogP contribution < -0.4 is 14.8 Å². The molecule has 3 aromatic carbocycles. The second-order valence-corrected chi connectivity index (χ2v) is 11.9. The lowest BCUT2D eigenvalue weighted by Crippen LogP contribution is -2.61. The Labute approximate surface area is 256 Å². The van der Waals surface area contributed by atoms with Crippen LogP contribution in [0.15, 0.2) is 71.7 Å². The van der Waals surface area contributed by atoms with Gasteiger partial charge in [-0.3, -0.25) is 14.7 Å². The molecule has 1 saturated heterocycles. The van der Waals surface area contributed by atoms with Crippen LogP contribution in [-0.2, 0) is 15.9 Å². The summed E-state index contributed by atoms with van der Waals surface area (Å²) in [5.74, 6) is 1.34. The third-order valence-corrected chi connectivity index (χ3v) is 8.55. The number of amides is 3. The highest BCUT2D eigenvalue weighted by Crippen LogP contribution is 2.54. The number of ether oxygens (including phenoxy) is 2. The predicted octanol–water partition coefficient (Wildman–Crippen LogP) is 6.23. The number of carbonyl (C=O) groups excluding carboxylic acids is 2. The largest absolute Gasteiger partial charge is 0.497 e. The molecule has 2 atom stereocenters. The van der Waals surface area contributed by atoms with Gasteiger partial charge in [0, 0.05) is 29.2 Å². The van der Waals surface area contributed by atoms with Gasteiger partial charge < -0.3 is 19.7 Å². The lowest BCUT2D eigenvalue weighted by molar-refractivity contribution is -0.123. The Morgan fingerprint density at radius 3 is 2.17 bits per heavy atom. The lowest BCUT2D eigenvalue weighted by atomic mass is 9.71. The maximum atomic E-state index is 14.7. The molecule has 10 heteroatoms. The average Bonchev–Trinajstić information content (AvgIpc) is 3.21. The monoisotopic (exact) mass is 608 g/mol. The van der Waals surface area contributed by atoms with Gasteiger partial charge in [0.2, 0.25) is 5.91 Å². The molecule has 2 aliphatic heterocycles. The van der Waals surface area contributed by atoms with Crippen molar-refractivity contribution in [2.45, 2.75) is 44.9 Å². The molecule has 0 radical (unpaired) electrons. The molecule has 0 aromatic heterocycles. The number of amidine groups is 1. The molecule has 0 bridgehead atoms. The van der Waals surface area contributed by atoms with Gasteiger partial charge in [0.25, 0.3) is 0 Å². The first kappa shape index (κ1) is 29.7. The van der Waals surface area contributed by atoms with Gasteiger partial charge in [-0.2, -0.15) is 0 Å². The summed E-state index contributed by atoms with van der Waals surface area (Å²) in [5.41, 5.74) is 0.230. The van der Waals surface area contributed by atoms with E-state index >= 15 is 0 Å². The SMILES string of the molecule is COc1ccc(C2=N[C@@](C)(c3ccc(Cl)cc3)[C@@](C)(c3ccc(Cl)cc3)N2C(=O)N2CCNC(=O)C2)c(OC(C)C)c1. The first-order valence-electron chi connectivity index (χ1n) is 13.8. The van der Waals surface area contributed by atoms with E-state index in [0.717, 1.165) is 11.1 Å². The summed E-state index contributed by atoms with van der Waals surface area (Å²) in [6, 6.07) is 20.1. The van der Waals surface area contributed by atoms with Crippen LogP contribution in [0.3, 0.4) is 0 Å². The van der Waals surface area contributed by atoms with Gasteiger partial charge in [0.1, 0.15) is 35.0 Å².